The molecule has 0 radical (unpaired) electrons. The molecule has 0 aliphatic rings. The monoisotopic (exact) mass is 282 g/mol. The number of rotatable bonds is 5. The highest BCUT2D eigenvalue weighted by Gasteiger charge is 2.10. The van der Waals surface area contributed by atoms with Crippen LogP contribution in [0.25, 0.3) is 11.3 Å². The Morgan fingerprint density at radius 1 is 1.14 bits per heavy atom. The summed E-state index contributed by atoms with van der Waals surface area (Å²) >= 11 is 0. The van der Waals surface area contributed by atoms with E-state index in [1.165, 1.54) is 5.56 Å². The molecule has 0 saturated carbocycles. The summed E-state index contributed by atoms with van der Waals surface area (Å²) in [5.74, 6) is 0. The molecule has 0 saturated heterocycles. The first-order chi connectivity index (χ1) is 10.2. The van der Waals surface area contributed by atoms with Crippen LogP contribution >= 0.6 is 0 Å². The van der Waals surface area contributed by atoms with E-state index in [2.05, 4.69) is 25.8 Å². The van der Waals surface area contributed by atoms with Crippen LogP contribution in [-0.2, 0) is 20.1 Å². The molecule has 0 bridgehead atoms. The molecule has 0 spiro atoms. The smallest absolute Gasteiger partial charge is 0.117 e. The fraction of sp³-hybridized carbons (Fsp3) is 0.267. The Kier molecular flexibility index (Phi) is 3.79. The Balaban J connectivity index is 1.67. The molecule has 0 aliphatic carbocycles. The Labute approximate surface area is 123 Å². The van der Waals surface area contributed by atoms with Gasteiger partial charge in [-0.25, -0.2) is 0 Å². The van der Waals surface area contributed by atoms with Crippen molar-refractivity contribution in [2.45, 2.75) is 20.0 Å². The maximum absolute atomic E-state index is 4.33. The third-order valence-corrected chi connectivity index (χ3v) is 3.39. The van der Waals surface area contributed by atoms with Gasteiger partial charge in [-0.2, -0.15) is 20.5 Å². The zero-order chi connectivity index (χ0) is 14.7. The molecule has 2 aromatic heterocycles. The Morgan fingerprint density at radius 2 is 1.95 bits per heavy atom. The molecule has 3 rings (SSSR count). The maximum Gasteiger partial charge on any atom is 0.117 e. The van der Waals surface area contributed by atoms with E-state index >= 15 is 0 Å². The molecule has 0 atom stereocenters. The summed E-state index contributed by atoms with van der Waals surface area (Å²) < 4.78 is 1.83. The lowest BCUT2D eigenvalue weighted by Crippen LogP contribution is -2.14. The average molecular weight is 282 g/mol. The zero-order valence-electron chi connectivity index (χ0n) is 12.2. The molecule has 21 heavy (non-hydrogen) atoms. The maximum atomic E-state index is 4.33. The Morgan fingerprint density at radius 3 is 2.67 bits per heavy atom. The zero-order valence-corrected chi connectivity index (χ0v) is 12.2. The van der Waals surface area contributed by atoms with E-state index in [-0.39, 0.29) is 0 Å². The van der Waals surface area contributed by atoms with Crippen LogP contribution in [0.5, 0.6) is 0 Å². The van der Waals surface area contributed by atoms with Crippen molar-refractivity contribution in [3.63, 3.8) is 0 Å². The molecular weight excluding hydrogens is 264 g/mol. The second-order valence-corrected chi connectivity index (χ2v) is 5.00. The van der Waals surface area contributed by atoms with E-state index in [0.717, 1.165) is 29.2 Å². The lowest BCUT2D eigenvalue weighted by atomic mass is 10.1. The fourth-order valence-electron chi connectivity index (χ4n) is 2.34. The van der Waals surface area contributed by atoms with Crippen LogP contribution in [0.3, 0.4) is 0 Å². The minimum absolute atomic E-state index is 0.662. The summed E-state index contributed by atoms with van der Waals surface area (Å²) in [6.07, 6.45) is 2.03. The standard InChI is InChI=1S/C15H18N6/c1-11-13(10-21(2)19-11)8-16-9-14-15(18-20-17-14)12-6-4-3-5-7-12/h3-7,10,16H,8-9H2,1-2H3,(H,17,18,20). The van der Waals surface area contributed by atoms with Crippen LogP contribution < -0.4 is 5.32 Å². The highest BCUT2D eigenvalue weighted by Crippen LogP contribution is 2.18. The van der Waals surface area contributed by atoms with Crippen LogP contribution in [0.1, 0.15) is 17.0 Å². The summed E-state index contributed by atoms with van der Waals surface area (Å²) in [6.45, 7) is 3.44. The third kappa shape index (κ3) is 3.00. The molecule has 2 heterocycles. The Bertz CT molecular complexity index is 713. The number of aromatic amines is 1. The van der Waals surface area contributed by atoms with Crippen LogP contribution in [0.15, 0.2) is 36.5 Å². The fourth-order valence-corrected chi connectivity index (χ4v) is 2.34. The quantitative estimate of drug-likeness (QED) is 0.748. The highest BCUT2D eigenvalue weighted by molar-refractivity contribution is 5.60. The third-order valence-electron chi connectivity index (χ3n) is 3.39. The lowest BCUT2D eigenvalue weighted by Gasteiger charge is -2.03. The van der Waals surface area contributed by atoms with E-state index < -0.39 is 0 Å². The van der Waals surface area contributed by atoms with E-state index in [0.29, 0.717) is 6.54 Å². The van der Waals surface area contributed by atoms with Gasteiger partial charge in [0.1, 0.15) is 11.4 Å². The summed E-state index contributed by atoms with van der Waals surface area (Å²) in [4.78, 5) is 0. The van der Waals surface area contributed by atoms with Gasteiger partial charge in [0.2, 0.25) is 0 Å². The summed E-state index contributed by atoms with van der Waals surface area (Å²) in [6, 6.07) is 10.1. The molecule has 6 nitrogen and oxygen atoms in total. The van der Waals surface area contributed by atoms with Crippen molar-refractivity contribution >= 4 is 0 Å². The molecule has 0 amide bonds. The number of benzene rings is 1. The van der Waals surface area contributed by atoms with Crippen molar-refractivity contribution in [1.82, 2.24) is 30.5 Å². The number of nitrogens with zero attached hydrogens (tertiary/aromatic N) is 4. The summed E-state index contributed by atoms with van der Waals surface area (Å²) in [7, 11) is 1.93. The largest absolute Gasteiger partial charge is 0.307 e. The predicted octanol–water partition coefficient (Wildman–Crippen LogP) is 1.80. The first-order valence-corrected chi connectivity index (χ1v) is 6.89. The molecule has 0 unspecified atom stereocenters. The van der Waals surface area contributed by atoms with Gasteiger partial charge >= 0.3 is 0 Å². The highest BCUT2D eigenvalue weighted by atomic mass is 15.3. The van der Waals surface area contributed by atoms with Gasteiger partial charge in [0.05, 0.1) is 5.69 Å². The molecule has 6 heteroatoms. The number of hydrogen-bond donors (Lipinski definition) is 2. The summed E-state index contributed by atoms with van der Waals surface area (Å²) in [5, 5.41) is 18.9. The van der Waals surface area contributed by atoms with Crippen LogP contribution in [0.4, 0.5) is 0 Å². The van der Waals surface area contributed by atoms with Gasteiger partial charge in [-0.3, -0.25) is 4.68 Å². The van der Waals surface area contributed by atoms with Crippen LogP contribution in [0.2, 0.25) is 0 Å². The van der Waals surface area contributed by atoms with Crippen molar-refractivity contribution in [3.05, 3.63) is 53.5 Å². The first-order valence-electron chi connectivity index (χ1n) is 6.89. The molecule has 3 aromatic rings. The van der Waals surface area contributed by atoms with Gasteiger partial charge in [-0.15, -0.1) is 0 Å². The van der Waals surface area contributed by atoms with E-state index in [9.17, 15) is 0 Å². The van der Waals surface area contributed by atoms with Crippen LogP contribution in [-0.4, -0.2) is 25.2 Å². The summed E-state index contributed by atoms with van der Waals surface area (Å²) in [5.41, 5.74) is 5.13. The van der Waals surface area contributed by atoms with Crippen molar-refractivity contribution in [3.8, 4) is 11.3 Å². The van der Waals surface area contributed by atoms with Crippen molar-refractivity contribution < 1.29 is 0 Å². The minimum Gasteiger partial charge on any atom is -0.307 e. The molecule has 0 fully saturated rings. The predicted molar refractivity (Wildman–Crippen MR) is 80.3 cm³/mol. The second kappa shape index (κ2) is 5.88. The molecule has 2 N–H and O–H groups in total. The second-order valence-electron chi connectivity index (χ2n) is 5.00. The number of nitrogens with one attached hydrogen (secondary N) is 2. The van der Waals surface area contributed by atoms with Gasteiger partial charge in [-0.1, -0.05) is 30.3 Å². The topological polar surface area (TPSA) is 71.4 Å². The molecule has 108 valence electrons. The lowest BCUT2D eigenvalue weighted by molar-refractivity contribution is 0.675. The van der Waals surface area contributed by atoms with Crippen LogP contribution in [0, 0.1) is 6.92 Å². The Hall–Kier alpha value is -2.47. The van der Waals surface area contributed by atoms with E-state index in [1.54, 1.807) is 0 Å². The number of hydrogen-bond acceptors (Lipinski definition) is 4. The SMILES string of the molecule is Cc1nn(C)cc1CNCc1n[nH]nc1-c1ccccc1. The normalized spacial score (nSPS) is 11.0. The van der Waals surface area contributed by atoms with E-state index in [4.69, 9.17) is 0 Å². The first kappa shape index (κ1) is 13.5. The van der Waals surface area contributed by atoms with Gasteiger partial charge in [-0.05, 0) is 6.92 Å². The average Bonchev–Trinajstić information content (AvgIpc) is 3.07. The molecule has 0 aliphatic heterocycles. The minimum atomic E-state index is 0.662. The van der Waals surface area contributed by atoms with Crippen molar-refractivity contribution in [2.24, 2.45) is 7.05 Å². The number of aromatic nitrogens is 5. The van der Waals surface area contributed by atoms with Gasteiger partial charge < -0.3 is 5.32 Å². The van der Waals surface area contributed by atoms with Crippen molar-refractivity contribution in [2.75, 3.05) is 0 Å². The number of H-pyrrole nitrogens is 1. The molecular formula is C15H18N6. The van der Waals surface area contributed by atoms with Crippen molar-refractivity contribution in [1.29, 1.82) is 0 Å². The van der Waals surface area contributed by atoms with E-state index in [1.807, 2.05) is 55.2 Å². The molecule has 1 aromatic carbocycles. The van der Waals surface area contributed by atoms with Gasteiger partial charge in [0.15, 0.2) is 0 Å². The number of aryl methyl sites for hydroxylation is 2. The van der Waals surface area contributed by atoms with Gasteiger partial charge in [0.25, 0.3) is 0 Å². The van der Waals surface area contributed by atoms with Gasteiger partial charge in [0, 0.05) is 37.5 Å².